The van der Waals surface area contributed by atoms with Crippen LogP contribution in [0.3, 0.4) is 0 Å². The molecule has 6 heteroatoms. The van der Waals surface area contributed by atoms with Crippen molar-refractivity contribution in [2.75, 3.05) is 6.61 Å². The quantitative estimate of drug-likeness (QED) is 0.191. The van der Waals surface area contributed by atoms with E-state index in [0.29, 0.717) is 38.2 Å². The highest BCUT2D eigenvalue weighted by Gasteiger charge is 2.33. The minimum Gasteiger partial charge on any atom is -0.489 e. The molecular formula is C33H33NO5. The second-order valence-corrected chi connectivity index (χ2v) is 9.73. The summed E-state index contributed by atoms with van der Waals surface area (Å²) in [6.07, 6.45) is 4.70. The number of carbonyl (C=O) groups is 2. The highest BCUT2D eigenvalue weighted by Crippen LogP contribution is 2.31. The highest BCUT2D eigenvalue weighted by atomic mass is 16.5. The molecule has 1 amide bonds. The van der Waals surface area contributed by atoms with Crippen molar-refractivity contribution in [2.45, 2.75) is 51.8 Å². The molecule has 200 valence electrons. The largest absolute Gasteiger partial charge is 0.489 e. The van der Waals surface area contributed by atoms with Crippen molar-refractivity contribution in [1.29, 1.82) is 0 Å². The third-order valence-corrected chi connectivity index (χ3v) is 6.89. The van der Waals surface area contributed by atoms with Crippen LogP contribution >= 0.6 is 0 Å². The molecule has 4 aromatic rings. The Labute approximate surface area is 229 Å². The second-order valence-electron chi connectivity index (χ2n) is 9.73. The lowest BCUT2D eigenvalue weighted by atomic mass is 10.1. The summed E-state index contributed by atoms with van der Waals surface area (Å²) in [6, 6.07) is 27.6. The molecule has 0 spiro atoms. The van der Waals surface area contributed by atoms with Crippen LogP contribution < -0.4 is 4.74 Å². The number of carbonyl (C=O) groups excluding carboxylic acids is 2. The molecule has 0 saturated heterocycles. The molecule has 0 atom stereocenters. The molecule has 39 heavy (non-hydrogen) atoms. The SMILES string of the molecule is CCOC(=O)CCc1ccc(OCc2ccccc2CN(C(=O)c2ccc(-c3ccco3)cc2)C2CC2)cc1. The van der Waals surface area contributed by atoms with Gasteiger partial charge in [-0.1, -0.05) is 48.5 Å². The summed E-state index contributed by atoms with van der Waals surface area (Å²) in [7, 11) is 0. The first-order valence-corrected chi connectivity index (χ1v) is 13.5. The molecule has 1 aromatic heterocycles. The monoisotopic (exact) mass is 523 g/mol. The number of esters is 1. The van der Waals surface area contributed by atoms with Crippen molar-refractivity contribution in [1.82, 2.24) is 4.90 Å². The van der Waals surface area contributed by atoms with Crippen LogP contribution in [0.25, 0.3) is 11.3 Å². The molecule has 1 aliphatic rings. The van der Waals surface area contributed by atoms with Gasteiger partial charge in [-0.15, -0.1) is 0 Å². The van der Waals surface area contributed by atoms with Crippen LogP contribution in [-0.4, -0.2) is 29.4 Å². The van der Waals surface area contributed by atoms with Crippen LogP contribution in [0.1, 0.15) is 53.2 Å². The third-order valence-electron chi connectivity index (χ3n) is 6.89. The number of nitrogens with zero attached hydrogens (tertiary/aromatic N) is 1. The van der Waals surface area contributed by atoms with Gasteiger partial charge in [0.25, 0.3) is 5.91 Å². The summed E-state index contributed by atoms with van der Waals surface area (Å²) in [5, 5.41) is 0. The van der Waals surface area contributed by atoms with Gasteiger partial charge in [0.15, 0.2) is 0 Å². The van der Waals surface area contributed by atoms with Crippen LogP contribution in [0.2, 0.25) is 0 Å². The van der Waals surface area contributed by atoms with Gasteiger partial charge in [0.1, 0.15) is 18.1 Å². The predicted molar refractivity (Wildman–Crippen MR) is 149 cm³/mol. The van der Waals surface area contributed by atoms with Crippen molar-refractivity contribution >= 4 is 11.9 Å². The van der Waals surface area contributed by atoms with Crippen molar-refractivity contribution in [3.63, 3.8) is 0 Å². The maximum atomic E-state index is 13.5. The molecule has 3 aromatic carbocycles. The Bertz CT molecular complexity index is 1370. The predicted octanol–water partition coefficient (Wildman–Crippen LogP) is 6.83. The number of hydrogen-bond acceptors (Lipinski definition) is 5. The van der Waals surface area contributed by atoms with Crippen LogP contribution in [0, 0.1) is 0 Å². The first kappa shape index (κ1) is 26.3. The smallest absolute Gasteiger partial charge is 0.306 e. The Morgan fingerprint density at radius 2 is 1.64 bits per heavy atom. The molecule has 5 rings (SSSR count). The molecular weight excluding hydrogens is 490 g/mol. The Balaban J connectivity index is 1.22. The van der Waals surface area contributed by atoms with Crippen molar-refractivity contribution in [3.8, 4) is 17.1 Å². The average Bonchev–Trinajstić information content (AvgIpc) is 3.66. The maximum absolute atomic E-state index is 13.5. The summed E-state index contributed by atoms with van der Waals surface area (Å²) in [5.41, 5.74) is 4.82. The molecule has 0 bridgehead atoms. The number of aryl methyl sites for hydroxylation is 1. The molecule has 0 unspecified atom stereocenters. The van der Waals surface area contributed by atoms with Gasteiger partial charge in [0.2, 0.25) is 0 Å². The van der Waals surface area contributed by atoms with E-state index in [0.717, 1.165) is 46.6 Å². The molecule has 6 nitrogen and oxygen atoms in total. The van der Waals surface area contributed by atoms with Crippen molar-refractivity contribution in [3.05, 3.63) is 113 Å². The summed E-state index contributed by atoms with van der Waals surface area (Å²) >= 11 is 0. The second kappa shape index (κ2) is 12.5. The topological polar surface area (TPSA) is 69.0 Å². The molecule has 1 aliphatic carbocycles. The number of ether oxygens (including phenoxy) is 2. The van der Waals surface area contributed by atoms with Gasteiger partial charge < -0.3 is 18.8 Å². The van der Waals surface area contributed by atoms with E-state index >= 15 is 0 Å². The maximum Gasteiger partial charge on any atom is 0.306 e. The van der Waals surface area contributed by atoms with Gasteiger partial charge in [0.05, 0.1) is 12.9 Å². The number of hydrogen-bond donors (Lipinski definition) is 0. The zero-order valence-electron chi connectivity index (χ0n) is 22.2. The van der Waals surface area contributed by atoms with Gasteiger partial charge in [-0.3, -0.25) is 9.59 Å². The van der Waals surface area contributed by atoms with E-state index in [-0.39, 0.29) is 17.9 Å². The zero-order chi connectivity index (χ0) is 27.0. The zero-order valence-corrected chi connectivity index (χ0v) is 22.2. The van der Waals surface area contributed by atoms with E-state index in [1.807, 2.05) is 84.6 Å². The normalized spacial score (nSPS) is 12.6. The Kier molecular flexibility index (Phi) is 8.42. The fraction of sp³-hybridized carbons (Fsp3) is 0.273. The standard InChI is InChI=1S/C33H33NO5/c1-2-37-32(35)20-11-24-9-18-30(19-10-24)39-23-28-7-4-3-6-27(28)22-34(29-16-17-29)33(36)26-14-12-25(13-15-26)31-8-5-21-38-31/h3-10,12-15,18-19,21,29H,2,11,16-17,20,22-23H2,1H3. The number of benzene rings is 3. The van der Waals surface area contributed by atoms with Crippen molar-refractivity contribution < 1.29 is 23.5 Å². The molecule has 1 heterocycles. The summed E-state index contributed by atoms with van der Waals surface area (Å²) in [4.78, 5) is 27.1. The molecule has 0 aliphatic heterocycles. The van der Waals surface area contributed by atoms with Gasteiger partial charge in [0, 0.05) is 30.1 Å². The molecule has 0 N–H and O–H groups in total. The minimum atomic E-state index is -0.181. The fourth-order valence-corrected chi connectivity index (χ4v) is 4.57. The van der Waals surface area contributed by atoms with Gasteiger partial charge in [-0.2, -0.15) is 0 Å². The van der Waals surface area contributed by atoms with E-state index in [1.54, 1.807) is 6.26 Å². The van der Waals surface area contributed by atoms with Gasteiger partial charge >= 0.3 is 5.97 Å². The molecule has 1 fully saturated rings. The minimum absolute atomic E-state index is 0.0395. The lowest BCUT2D eigenvalue weighted by Crippen LogP contribution is -2.33. The van der Waals surface area contributed by atoms with Crippen molar-refractivity contribution in [2.24, 2.45) is 0 Å². The van der Waals surface area contributed by atoms with E-state index in [1.165, 1.54) is 0 Å². The van der Waals surface area contributed by atoms with E-state index in [2.05, 4.69) is 12.1 Å². The summed E-state index contributed by atoms with van der Waals surface area (Å²) in [6.45, 7) is 3.16. The fourth-order valence-electron chi connectivity index (χ4n) is 4.57. The van der Waals surface area contributed by atoms with E-state index in [4.69, 9.17) is 13.9 Å². The Morgan fingerprint density at radius 1 is 0.897 bits per heavy atom. The van der Waals surface area contributed by atoms with Gasteiger partial charge in [-0.05, 0) is 79.3 Å². The van der Waals surface area contributed by atoms with Crippen LogP contribution in [0.4, 0.5) is 0 Å². The van der Waals surface area contributed by atoms with E-state index < -0.39 is 0 Å². The number of furan rings is 1. The average molecular weight is 524 g/mol. The Hall–Kier alpha value is -4.32. The first-order valence-electron chi connectivity index (χ1n) is 13.5. The number of amides is 1. The summed E-state index contributed by atoms with van der Waals surface area (Å²) < 4.78 is 16.6. The number of rotatable bonds is 12. The van der Waals surface area contributed by atoms with Crippen LogP contribution in [-0.2, 0) is 29.1 Å². The third kappa shape index (κ3) is 6.96. The van der Waals surface area contributed by atoms with E-state index in [9.17, 15) is 9.59 Å². The van der Waals surface area contributed by atoms with Crippen LogP contribution in [0.15, 0.2) is 95.6 Å². The molecule has 1 saturated carbocycles. The highest BCUT2D eigenvalue weighted by molar-refractivity contribution is 5.95. The molecule has 0 radical (unpaired) electrons. The van der Waals surface area contributed by atoms with Gasteiger partial charge in [-0.25, -0.2) is 0 Å². The lowest BCUT2D eigenvalue weighted by molar-refractivity contribution is -0.143. The van der Waals surface area contributed by atoms with Crippen LogP contribution in [0.5, 0.6) is 5.75 Å². The summed E-state index contributed by atoms with van der Waals surface area (Å²) in [5.74, 6) is 1.40. The Morgan fingerprint density at radius 3 is 2.31 bits per heavy atom. The lowest BCUT2D eigenvalue weighted by Gasteiger charge is -2.24. The first-order chi connectivity index (χ1) is 19.1.